The third kappa shape index (κ3) is 2.74. The van der Waals surface area contributed by atoms with Gasteiger partial charge in [0.2, 0.25) is 5.95 Å². The average molecular weight is 282 g/mol. The summed E-state index contributed by atoms with van der Waals surface area (Å²) in [6.45, 7) is 0. The van der Waals surface area contributed by atoms with Gasteiger partial charge in [-0.2, -0.15) is 0 Å². The van der Waals surface area contributed by atoms with Crippen LogP contribution < -0.4 is 11.3 Å². The van der Waals surface area contributed by atoms with Gasteiger partial charge in [0, 0.05) is 11.1 Å². The second-order valence-corrected chi connectivity index (χ2v) is 5.25. The zero-order valence-corrected chi connectivity index (χ0v) is 11.6. The van der Waals surface area contributed by atoms with E-state index in [4.69, 9.17) is 5.84 Å². The van der Waals surface area contributed by atoms with Gasteiger partial charge in [-0.3, -0.25) is 5.43 Å². The molecule has 2 aromatic carbocycles. The van der Waals surface area contributed by atoms with Gasteiger partial charge in [-0.1, -0.05) is 48.5 Å². The zero-order valence-electron chi connectivity index (χ0n) is 10.8. The van der Waals surface area contributed by atoms with Crippen LogP contribution in [-0.4, -0.2) is 9.97 Å². The summed E-state index contributed by atoms with van der Waals surface area (Å²) in [5.41, 5.74) is 4.68. The Kier molecular flexibility index (Phi) is 3.80. The molecule has 0 spiro atoms. The number of hydrogen-bond acceptors (Lipinski definition) is 5. The number of anilines is 1. The fraction of sp³-hybridized carbons (Fsp3) is 0.0667. The lowest BCUT2D eigenvalue weighted by atomic mass is 10.2. The summed E-state index contributed by atoms with van der Waals surface area (Å²) in [5, 5.41) is 1.99. The highest BCUT2D eigenvalue weighted by atomic mass is 32.2. The first-order valence-electron chi connectivity index (χ1n) is 6.27. The molecule has 3 aromatic rings. The van der Waals surface area contributed by atoms with Gasteiger partial charge in [0.1, 0.15) is 5.03 Å². The number of benzene rings is 2. The van der Waals surface area contributed by atoms with E-state index in [9.17, 15) is 0 Å². The second kappa shape index (κ2) is 5.90. The van der Waals surface area contributed by atoms with Gasteiger partial charge in [-0.05, 0) is 11.6 Å². The molecular weight excluding hydrogens is 268 g/mol. The minimum atomic E-state index is 0.444. The fourth-order valence-electron chi connectivity index (χ4n) is 1.95. The molecule has 1 heterocycles. The molecule has 0 saturated heterocycles. The summed E-state index contributed by atoms with van der Waals surface area (Å²) in [7, 11) is 0. The van der Waals surface area contributed by atoms with Gasteiger partial charge in [0.15, 0.2) is 0 Å². The molecule has 4 nitrogen and oxygen atoms in total. The Labute approximate surface area is 121 Å². The molecule has 0 saturated carbocycles. The van der Waals surface area contributed by atoms with Crippen molar-refractivity contribution >= 4 is 28.6 Å². The molecule has 0 aliphatic rings. The van der Waals surface area contributed by atoms with Crippen LogP contribution in [0.15, 0.2) is 59.6 Å². The summed E-state index contributed by atoms with van der Waals surface area (Å²) >= 11 is 1.69. The Hall–Kier alpha value is -2.11. The summed E-state index contributed by atoms with van der Waals surface area (Å²) in [4.78, 5) is 8.80. The number of hydrogen-bond donors (Lipinski definition) is 2. The van der Waals surface area contributed by atoms with E-state index in [1.54, 1.807) is 11.8 Å². The van der Waals surface area contributed by atoms with Crippen molar-refractivity contribution in [3.63, 3.8) is 0 Å². The molecular formula is C15H14N4S. The molecule has 100 valence electrons. The lowest BCUT2D eigenvalue weighted by molar-refractivity contribution is 1.07. The van der Waals surface area contributed by atoms with Crippen molar-refractivity contribution in [1.29, 1.82) is 0 Å². The van der Waals surface area contributed by atoms with E-state index in [1.165, 1.54) is 5.56 Å². The average Bonchev–Trinajstić information content (AvgIpc) is 2.53. The van der Waals surface area contributed by atoms with Crippen LogP contribution >= 0.6 is 11.8 Å². The van der Waals surface area contributed by atoms with E-state index in [2.05, 4.69) is 27.5 Å². The highest BCUT2D eigenvalue weighted by Gasteiger charge is 2.07. The molecule has 0 fully saturated rings. The van der Waals surface area contributed by atoms with Gasteiger partial charge in [-0.25, -0.2) is 15.8 Å². The number of thioether (sulfide) groups is 1. The van der Waals surface area contributed by atoms with Crippen molar-refractivity contribution < 1.29 is 0 Å². The lowest BCUT2D eigenvalue weighted by Crippen LogP contribution is -2.10. The van der Waals surface area contributed by atoms with E-state index in [0.29, 0.717) is 5.95 Å². The summed E-state index contributed by atoms with van der Waals surface area (Å²) in [6.07, 6.45) is 0. The maximum absolute atomic E-state index is 5.43. The molecule has 1 aromatic heterocycles. The number of nitrogen functional groups attached to an aromatic ring is 1. The van der Waals surface area contributed by atoms with Gasteiger partial charge >= 0.3 is 0 Å². The smallest absolute Gasteiger partial charge is 0.238 e. The molecule has 0 unspecified atom stereocenters. The van der Waals surface area contributed by atoms with Crippen molar-refractivity contribution in [3.05, 3.63) is 60.2 Å². The zero-order chi connectivity index (χ0) is 13.8. The fourth-order valence-corrected chi connectivity index (χ4v) is 2.92. The summed E-state index contributed by atoms with van der Waals surface area (Å²) in [5.74, 6) is 6.74. The van der Waals surface area contributed by atoms with E-state index in [1.807, 2.05) is 42.5 Å². The Morgan fingerprint density at radius 3 is 2.50 bits per heavy atom. The highest BCUT2D eigenvalue weighted by Crippen LogP contribution is 2.28. The first kappa shape index (κ1) is 12.9. The molecule has 0 aliphatic heterocycles. The Morgan fingerprint density at radius 1 is 0.950 bits per heavy atom. The van der Waals surface area contributed by atoms with Crippen molar-refractivity contribution in [2.24, 2.45) is 5.84 Å². The maximum atomic E-state index is 5.43. The number of rotatable bonds is 4. The highest BCUT2D eigenvalue weighted by molar-refractivity contribution is 7.98. The standard InChI is InChI=1S/C15H14N4S/c16-19-15-17-13-9-5-4-8-12(13)14(18-15)20-10-11-6-2-1-3-7-11/h1-9H,10,16H2,(H,17,18,19). The Balaban J connectivity index is 1.93. The Morgan fingerprint density at radius 2 is 1.70 bits per heavy atom. The molecule has 0 amide bonds. The lowest BCUT2D eigenvalue weighted by Gasteiger charge is -2.07. The van der Waals surface area contributed by atoms with Crippen LogP contribution in [0.5, 0.6) is 0 Å². The van der Waals surface area contributed by atoms with Crippen molar-refractivity contribution in [1.82, 2.24) is 9.97 Å². The van der Waals surface area contributed by atoms with Crippen molar-refractivity contribution in [2.45, 2.75) is 10.8 Å². The molecule has 5 heteroatoms. The summed E-state index contributed by atoms with van der Waals surface area (Å²) in [6, 6.07) is 18.3. The van der Waals surface area contributed by atoms with Crippen LogP contribution in [-0.2, 0) is 5.75 Å². The second-order valence-electron chi connectivity index (χ2n) is 4.29. The van der Waals surface area contributed by atoms with Gasteiger partial charge in [0.25, 0.3) is 0 Å². The maximum Gasteiger partial charge on any atom is 0.238 e. The van der Waals surface area contributed by atoms with Crippen molar-refractivity contribution in [2.75, 3.05) is 5.43 Å². The quantitative estimate of drug-likeness (QED) is 0.333. The monoisotopic (exact) mass is 282 g/mol. The number of para-hydroxylation sites is 1. The van der Waals surface area contributed by atoms with Crippen LogP contribution in [0.1, 0.15) is 5.56 Å². The SMILES string of the molecule is NNc1nc(SCc2ccccc2)c2ccccc2n1. The Bertz CT molecular complexity index is 715. The third-order valence-electron chi connectivity index (χ3n) is 2.92. The van der Waals surface area contributed by atoms with Gasteiger partial charge in [0.05, 0.1) is 5.52 Å². The molecule has 3 N–H and O–H groups in total. The minimum absolute atomic E-state index is 0.444. The van der Waals surface area contributed by atoms with E-state index >= 15 is 0 Å². The van der Waals surface area contributed by atoms with Crippen LogP contribution in [0.2, 0.25) is 0 Å². The number of nitrogens with one attached hydrogen (secondary N) is 1. The largest absolute Gasteiger partial charge is 0.292 e. The number of fused-ring (bicyclic) bond motifs is 1. The van der Waals surface area contributed by atoms with E-state index in [-0.39, 0.29) is 0 Å². The molecule has 0 radical (unpaired) electrons. The van der Waals surface area contributed by atoms with Crippen LogP contribution in [0.3, 0.4) is 0 Å². The summed E-state index contributed by atoms with van der Waals surface area (Å²) < 4.78 is 0. The minimum Gasteiger partial charge on any atom is -0.292 e. The van der Waals surface area contributed by atoms with Crippen molar-refractivity contribution in [3.8, 4) is 0 Å². The normalized spacial score (nSPS) is 10.7. The molecule has 0 aliphatic carbocycles. The van der Waals surface area contributed by atoms with Gasteiger partial charge in [-0.15, -0.1) is 11.8 Å². The van der Waals surface area contributed by atoms with Gasteiger partial charge < -0.3 is 0 Å². The van der Waals surface area contributed by atoms with Crippen LogP contribution in [0, 0.1) is 0 Å². The third-order valence-corrected chi connectivity index (χ3v) is 3.98. The topological polar surface area (TPSA) is 63.8 Å². The molecule has 0 atom stereocenters. The first-order chi connectivity index (χ1) is 9.86. The predicted molar refractivity (Wildman–Crippen MR) is 83.4 cm³/mol. The number of nitrogens with zero attached hydrogens (tertiary/aromatic N) is 2. The number of nitrogens with two attached hydrogens (primary N) is 1. The van der Waals surface area contributed by atoms with Crippen LogP contribution in [0.25, 0.3) is 10.9 Å². The van der Waals surface area contributed by atoms with E-state index in [0.717, 1.165) is 21.7 Å². The predicted octanol–water partition coefficient (Wildman–Crippen LogP) is 3.21. The first-order valence-corrected chi connectivity index (χ1v) is 7.25. The number of aromatic nitrogens is 2. The molecule has 3 rings (SSSR count). The molecule has 20 heavy (non-hydrogen) atoms. The molecule has 0 bridgehead atoms. The number of hydrazine groups is 1. The van der Waals surface area contributed by atoms with Crippen LogP contribution in [0.4, 0.5) is 5.95 Å². The van der Waals surface area contributed by atoms with E-state index < -0.39 is 0 Å².